The van der Waals surface area contributed by atoms with Gasteiger partial charge in [0.2, 0.25) is 5.72 Å². The molecular weight excluding hydrogens is 433 g/mol. The molecule has 6 nitrogen and oxygen atoms in total. The van der Waals surface area contributed by atoms with Crippen molar-refractivity contribution in [2.45, 2.75) is 77.1 Å². The van der Waals surface area contributed by atoms with E-state index in [9.17, 15) is 9.18 Å². The lowest BCUT2D eigenvalue weighted by Gasteiger charge is -2.45. The summed E-state index contributed by atoms with van der Waals surface area (Å²) in [5.41, 5.74) is 0.116. The highest BCUT2D eigenvalue weighted by molar-refractivity contribution is 5.64. The first kappa shape index (κ1) is 26.5. The van der Waals surface area contributed by atoms with Gasteiger partial charge >= 0.3 is 6.16 Å². The van der Waals surface area contributed by atoms with Crippen LogP contribution in [0.2, 0.25) is 0 Å². The Kier molecular flexibility index (Phi) is 8.96. The smallest absolute Gasteiger partial charge is 0.438 e. The maximum absolute atomic E-state index is 14.0. The van der Waals surface area contributed by atoms with E-state index in [4.69, 9.17) is 14.5 Å². The van der Waals surface area contributed by atoms with Crippen LogP contribution >= 0.6 is 0 Å². The summed E-state index contributed by atoms with van der Waals surface area (Å²) in [7, 11) is 5.50. The molecule has 0 saturated heterocycles. The lowest BCUT2D eigenvalue weighted by molar-refractivity contribution is -0.0815. The first-order valence-corrected chi connectivity index (χ1v) is 12.7. The lowest BCUT2D eigenvalue weighted by atomic mass is 9.71. The van der Waals surface area contributed by atoms with E-state index >= 15 is 0 Å². The Morgan fingerprint density at radius 3 is 2.53 bits per heavy atom. The van der Waals surface area contributed by atoms with Gasteiger partial charge in [-0.05, 0) is 81.6 Å². The van der Waals surface area contributed by atoms with Gasteiger partial charge in [0.15, 0.2) is 0 Å². The second kappa shape index (κ2) is 11.5. The highest BCUT2D eigenvalue weighted by Gasteiger charge is 2.53. The van der Waals surface area contributed by atoms with E-state index in [1.54, 1.807) is 12.1 Å². The fraction of sp³-hybridized carbons (Fsp3) is 0.704. The van der Waals surface area contributed by atoms with Crippen LogP contribution in [0.3, 0.4) is 0 Å². The van der Waals surface area contributed by atoms with E-state index in [2.05, 4.69) is 44.7 Å². The average Bonchev–Trinajstić information content (AvgIpc) is 3.11. The Morgan fingerprint density at radius 2 is 1.97 bits per heavy atom. The molecule has 1 aromatic rings. The van der Waals surface area contributed by atoms with Gasteiger partial charge in [0.05, 0.1) is 19.5 Å². The van der Waals surface area contributed by atoms with Crippen LogP contribution in [0.1, 0.15) is 70.9 Å². The number of benzene rings is 1. The van der Waals surface area contributed by atoms with E-state index in [1.165, 1.54) is 13.2 Å². The minimum Gasteiger partial charge on any atom is -0.438 e. The molecule has 1 heterocycles. The molecule has 0 aromatic heterocycles. The lowest BCUT2D eigenvalue weighted by Crippen LogP contribution is -2.54. The summed E-state index contributed by atoms with van der Waals surface area (Å²) in [5.74, 6) is 0.920. The minimum atomic E-state index is -0.919. The second-order valence-corrected chi connectivity index (χ2v) is 10.6. The molecule has 1 aliphatic heterocycles. The Hall–Kier alpha value is -2.15. The number of nitrogens with zero attached hydrogens (tertiary/aromatic N) is 3. The zero-order valence-electron chi connectivity index (χ0n) is 21.7. The predicted molar refractivity (Wildman–Crippen MR) is 133 cm³/mol. The Balaban J connectivity index is 1.82. The van der Waals surface area contributed by atoms with Gasteiger partial charge in [-0.25, -0.2) is 14.2 Å². The van der Waals surface area contributed by atoms with E-state index < -0.39 is 11.9 Å². The molecule has 1 aliphatic carbocycles. The first-order valence-electron chi connectivity index (χ1n) is 12.7. The number of hydrogen-bond acceptors (Lipinski definition) is 6. The third-order valence-corrected chi connectivity index (χ3v) is 7.31. The highest BCUT2D eigenvalue weighted by atomic mass is 19.1. The molecule has 0 spiro atoms. The second-order valence-electron chi connectivity index (χ2n) is 10.6. The van der Waals surface area contributed by atoms with Gasteiger partial charge in [-0.1, -0.05) is 32.9 Å². The summed E-state index contributed by atoms with van der Waals surface area (Å²) in [5, 5.41) is 0. The molecule has 0 bridgehead atoms. The van der Waals surface area contributed by atoms with Crippen molar-refractivity contribution in [2.24, 2.45) is 22.7 Å². The van der Waals surface area contributed by atoms with Crippen LogP contribution in [0.25, 0.3) is 0 Å². The summed E-state index contributed by atoms with van der Waals surface area (Å²) in [4.78, 5) is 21.6. The van der Waals surface area contributed by atoms with Crippen LogP contribution in [-0.2, 0) is 9.47 Å². The van der Waals surface area contributed by atoms with Crippen LogP contribution < -0.4 is 0 Å². The van der Waals surface area contributed by atoms with Gasteiger partial charge in [-0.3, -0.25) is 0 Å². The van der Waals surface area contributed by atoms with Crippen LogP contribution in [0, 0.1) is 23.6 Å². The summed E-state index contributed by atoms with van der Waals surface area (Å²) >= 11 is 0. The van der Waals surface area contributed by atoms with Gasteiger partial charge in [-0.2, -0.15) is 0 Å². The number of aliphatic imine (C=N–C) groups is 1. The molecule has 190 valence electrons. The number of rotatable bonds is 9. The van der Waals surface area contributed by atoms with Crippen molar-refractivity contribution in [1.29, 1.82) is 0 Å². The van der Waals surface area contributed by atoms with E-state index in [1.807, 2.05) is 12.4 Å². The summed E-state index contributed by atoms with van der Waals surface area (Å²) in [6, 6.07) is 7.19. The normalized spacial score (nSPS) is 27.9. The number of methoxy groups -OCH3 is 1. The SMILES string of the molecule is CCCN1C=NC(CC(C)C)(OC(=O)OC)C1C1CCC(C(c2cccc(F)c2)N(C)C)CC1. The maximum Gasteiger partial charge on any atom is 0.510 e. The molecule has 3 rings (SSSR count). The summed E-state index contributed by atoms with van der Waals surface area (Å²) < 4.78 is 24.8. The van der Waals surface area contributed by atoms with Gasteiger partial charge in [0.25, 0.3) is 0 Å². The fourth-order valence-electron chi connectivity index (χ4n) is 6.21. The standard InChI is InChI=1S/C27H42FN3O3/c1-7-15-31-18-29-27(17-19(2)3,34-26(32)33-6)25(31)21-13-11-20(12-14-21)24(30(4)5)22-9-8-10-23(28)16-22/h8-10,16,18-21,24-25H,7,11-15,17H2,1-6H3. The number of carbonyl (C=O) groups is 1. The van der Waals surface area contributed by atoms with E-state index in [-0.39, 0.29) is 17.9 Å². The molecular formula is C27H42FN3O3. The maximum atomic E-state index is 14.0. The molecule has 0 amide bonds. The molecule has 0 N–H and O–H groups in total. The van der Waals surface area contributed by atoms with Crippen LogP contribution in [0.5, 0.6) is 0 Å². The number of halogens is 1. The van der Waals surface area contributed by atoms with E-state index in [0.29, 0.717) is 24.2 Å². The van der Waals surface area contributed by atoms with E-state index in [0.717, 1.165) is 44.2 Å². The van der Waals surface area contributed by atoms with Crippen molar-refractivity contribution in [1.82, 2.24) is 9.80 Å². The van der Waals surface area contributed by atoms with Gasteiger partial charge < -0.3 is 19.3 Å². The van der Waals surface area contributed by atoms with Crippen LogP contribution in [0.4, 0.5) is 9.18 Å². The first-order chi connectivity index (χ1) is 16.2. The molecule has 2 aliphatic rings. The molecule has 1 saturated carbocycles. The zero-order valence-corrected chi connectivity index (χ0v) is 21.7. The third-order valence-electron chi connectivity index (χ3n) is 7.31. The monoisotopic (exact) mass is 475 g/mol. The van der Waals surface area contributed by atoms with Crippen molar-refractivity contribution < 1.29 is 18.7 Å². The van der Waals surface area contributed by atoms with Crippen LogP contribution in [-0.4, -0.2) is 61.8 Å². The van der Waals surface area contributed by atoms with Gasteiger partial charge in [0.1, 0.15) is 5.82 Å². The molecule has 0 radical (unpaired) electrons. The number of hydrogen-bond donors (Lipinski definition) is 0. The Bertz CT molecular complexity index is 838. The summed E-state index contributed by atoms with van der Waals surface area (Å²) in [6.07, 6.45) is 6.98. The Labute approximate surface area is 204 Å². The molecule has 34 heavy (non-hydrogen) atoms. The van der Waals surface area contributed by atoms with Crippen molar-refractivity contribution in [3.8, 4) is 0 Å². The van der Waals surface area contributed by atoms with Gasteiger partial charge in [0, 0.05) is 19.0 Å². The minimum absolute atomic E-state index is 0.00174. The van der Waals surface area contributed by atoms with Crippen LogP contribution in [0.15, 0.2) is 29.3 Å². The molecule has 1 fully saturated rings. The van der Waals surface area contributed by atoms with Crippen molar-refractivity contribution in [3.63, 3.8) is 0 Å². The average molecular weight is 476 g/mol. The molecule has 3 atom stereocenters. The predicted octanol–water partition coefficient (Wildman–Crippen LogP) is 5.88. The number of ether oxygens (including phenoxy) is 2. The Morgan fingerprint density at radius 1 is 1.26 bits per heavy atom. The molecule has 3 unspecified atom stereocenters. The summed E-state index contributed by atoms with van der Waals surface area (Å²) in [6.45, 7) is 7.30. The van der Waals surface area contributed by atoms with Crippen molar-refractivity contribution in [3.05, 3.63) is 35.6 Å². The van der Waals surface area contributed by atoms with Crippen molar-refractivity contribution in [2.75, 3.05) is 27.7 Å². The quantitative estimate of drug-likeness (QED) is 0.417. The molecule has 1 aromatic carbocycles. The van der Waals surface area contributed by atoms with Crippen molar-refractivity contribution >= 4 is 12.5 Å². The topological polar surface area (TPSA) is 54.4 Å². The fourth-order valence-corrected chi connectivity index (χ4v) is 6.21. The third kappa shape index (κ3) is 5.91. The highest BCUT2D eigenvalue weighted by Crippen LogP contribution is 2.46. The van der Waals surface area contributed by atoms with Gasteiger partial charge in [-0.15, -0.1) is 0 Å². The largest absolute Gasteiger partial charge is 0.510 e. The zero-order chi connectivity index (χ0) is 24.9. The molecule has 7 heteroatoms. The number of carbonyl (C=O) groups excluding carboxylic acids is 1.